The van der Waals surface area contributed by atoms with Gasteiger partial charge >= 0.3 is 0 Å². The maximum absolute atomic E-state index is 11.9. The van der Waals surface area contributed by atoms with Gasteiger partial charge in [0.05, 0.1) is 13.5 Å². The number of carbonyl (C=O) groups is 1. The Morgan fingerprint density at radius 3 is 2.52 bits per heavy atom. The summed E-state index contributed by atoms with van der Waals surface area (Å²) in [5.41, 5.74) is 2.42. The molecular weight excluding hydrogens is 266 g/mol. The van der Waals surface area contributed by atoms with Gasteiger partial charge < -0.3 is 4.74 Å². The highest BCUT2D eigenvalue weighted by Crippen LogP contribution is 2.31. The van der Waals surface area contributed by atoms with Gasteiger partial charge in [-0.05, 0) is 19.1 Å². The molecule has 2 heterocycles. The molecule has 21 heavy (non-hydrogen) atoms. The molecule has 0 spiro atoms. The van der Waals surface area contributed by atoms with E-state index in [1.165, 1.54) is 5.01 Å². The molecule has 0 unspecified atom stereocenters. The van der Waals surface area contributed by atoms with Crippen molar-refractivity contribution in [2.24, 2.45) is 5.10 Å². The van der Waals surface area contributed by atoms with Crippen molar-refractivity contribution in [1.29, 1.82) is 0 Å². The summed E-state index contributed by atoms with van der Waals surface area (Å²) < 4.78 is 5.36. The molecule has 2 aromatic rings. The Bertz CT molecular complexity index is 711. The van der Waals surface area contributed by atoms with E-state index in [0.717, 1.165) is 11.3 Å². The third kappa shape index (κ3) is 2.50. The summed E-state index contributed by atoms with van der Waals surface area (Å²) in [6, 6.07) is 13.3. The van der Waals surface area contributed by atoms with Gasteiger partial charge in [-0.2, -0.15) is 10.1 Å². The summed E-state index contributed by atoms with van der Waals surface area (Å²) in [7, 11) is 1.60. The van der Waals surface area contributed by atoms with Crippen molar-refractivity contribution < 1.29 is 9.53 Å². The van der Waals surface area contributed by atoms with Gasteiger partial charge in [-0.15, -0.1) is 0 Å². The van der Waals surface area contributed by atoms with Crippen molar-refractivity contribution in [3.8, 4) is 17.0 Å². The van der Waals surface area contributed by atoms with Crippen LogP contribution in [-0.4, -0.2) is 23.7 Å². The van der Waals surface area contributed by atoms with Gasteiger partial charge in [0, 0.05) is 11.3 Å². The number of rotatable bonds is 3. The van der Waals surface area contributed by atoms with Crippen LogP contribution in [0.3, 0.4) is 0 Å². The lowest BCUT2D eigenvalue weighted by atomic mass is 10.1. The van der Waals surface area contributed by atoms with Crippen LogP contribution >= 0.6 is 0 Å². The summed E-state index contributed by atoms with van der Waals surface area (Å²) in [6.45, 7) is 1.83. The lowest BCUT2D eigenvalue weighted by molar-refractivity contribution is -0.116. The lowest BCUT2D eigenvalue weighted by Gasteiger charge is -2.14. The van der Waals surface area contributed by atoms with Crippen LogP contribution in [0.4, 0.5) is 5.82 Å². The Morgan fingerprint density at radius 1 is 1.14 bits per heavy atom. The van der Waals surface area contributed by atoms with Gasteiger partial charge in [0.25, 0.3) is 5.91 Å². The molecule has 106 valence electrons. The van der Waals surface area contributed by atoms with Crippen LogP contribution in [0.25, 0.3) is 11.3 Å². The molecule has 5 nitrogen and oxygen atoms in total. The second-order valence-electron chi connectivity index (χ2n) is 4.80. The maximum atomic E-state index is 11.9. The number of hydrogen-bond donors (Lipinski definition) is 0. The number of amides is 1. The third-order valence-electron chi connectivity index (χ3n) is 3.24. The van der Waals surface area contributed by atoms with Crippen molar-refractivity contribution in [1.82, 2.24) is 4.98 Å². The molecule has 1 aliphatic rings. The molecule has 0 N–H and O–H groups in total. The van der Waals surface area contributed by atoms with Crippen molar-refractivity contribution in [3.63, 3.8) is 0 Å². The number of carbonyl (C=O) groups excluding carboxylic acids is 1. The molecule has 1 aromatic heterocycles. The fraction of sp³-hybridized carbons (Fsp3) is 0.188. The summed E-state index contributed by atoms with van der Waals surface area (Å²) >= 11 is 0. The summed E-state index contributed by atoms with van der Waals surface area (Å²) in [5, 5.41) is 5.58. The number of hydrazone groups is 1. The van der Waals surface area contributed by atoms with Crippen LogP contribution in [-0.2, 0) is 4.79 Å². The molecule has 3 rings (SSSR count). The van der Waals surface area contributed by atoms with Crippen LogP contribution in [0.2, 0.25) is 0 Å². The lowest BCUT2D eigenvalue weighted by Crippen LogP contribution is -2.20. The second-order valence-corrected chi connectivity index (χ2v) is 4.80. The molecule has 0 saturated heterocycles. The summed E-state index contributed by atoms with van der Waals surface area (Å²) in [4.78, 5) is 16.5. The van der Waals surface area contributed by atoms with E-state index in [4.69, 9.17) is 4.74 Å². The van der Waals surface area contributed by atoms with E-state index in [2.05, 4.69) is 10.1 Å². The first-order valence-electron chi connectivity index (χ1n) is 6.66. The number of benzene rings is 1. The maximum Gasteiger partial charge on any atom is 0.254 e. The summed E-state index contributed by atoms with van der Waals surface area (Å²) in [6.07, 6.45) is 0.342. The molecule has 0 aliphatic carbocycles. The van der Waals surface area contributed by atoms with Gasteiger partial charge in [-0.25, -0.2) is 4.98 Å². The van der Waals surface area contributed by atoms with E-state index in [1.807, 2.05) is 37.3 Å². The zero-order chi connectivity index (χ0) is 14.8. The van der Waals surface area contributed by atoms with Crippen LogP contribution < -0.4 is 9.75 Å². The Morgan fingerprint density at radius 2 is 1.90 bits per heavy atom. The van der Waals surface area contributed by atoms with Crippen LogP contribution in [0, 0.1) is 0 Å². The fourth-order valence-corrected chi connectivity index (χ4v) is 2.26. The predicted octanol–water partition coefficient (Wildman–Crippen LogP) is 2.87. The number of hydrogen-bond acceptors (Lipinski definition) is 4. The number of nitrogens with zero attached hydrogens (tertiary/aromatic N) is 3. The molecule has 1 aromatic carbocycles. The van der Waals surface area contributed by atoms with Gasteiger partial charge in [0.2, 0.25) is 0 Å². The summed E-state index contributed by atoms with van der Waals surface area (Å²) in [5.74, 6) is 1.11. The molecule has 0 bridgehead atoms. The average molecular weight is 281 g/mol. The van der Waals surface area contributed by atoms with Crippen molar-refractivity contribution in [2.75, 3.05) is 12.1 Å². The van der Waals surface area contributed by atoms with Gasteiger partial charge in [-0.1, -0.05) is 30.3 Å². The van der Waals surface area contributed by atoms with Crippen molar-refractivity contribution in [3.05, 3.63) is 42.5 Å². The zero-order valence-electron chi connectivity index (χ0n) is 11.9. The predicted molar refractivity (Wildman–Crippen MR) is 81.4 cm³/mol. The molecule has 1 aliphatic heterocycles. The number of anilines is 1. The highest BCUT2D eigenvalue weighted by molar-refractivity contribution is 6.11. The molecule has 0 radical (unpaired) electrons. The first-order chi connectivity index (χ1) is 10.2. The molecule has 0 saturated carbocycles. The Balaban J connectivity index is 2.08. The van der Waals surface area contributed by atoms with E-state index in [-0.39, 0.29) is 5.91 Å². The zero-order valence-corrected chi connectivity index (χ0v) is 11.9. The monoisotopic (exact) mass is 281 g/mol. The second kappa shape index (κ2) is 5.36. The third-order valence-corrected chi connectivity index (χ3v) is 3.24. The standard InChI is InChI=1S/C16H15N3O2/c1-11-10-15(20)19(18-11)14-9-8-13(21-2)16(17-14)12-6-4-3-5-7-12/h3-9H,10H2,1-2H3. The first-order valence-corrected chi connectivity index (χ1v) is 6.66. The Labute approximate surface area is 122 Å². The molecule has 5 heteroatoms. The SMILES string of the molecule is COc1ccc(N2N=C(C)CC2=O)nc1-c1ccccc1. The average Bonchev–Trinajstić information content (AvgIpc) is 2.86. The number of aromatic nitrogens is 1. The topological polar surface area (TPSA) is 54.8 Å². The van der Waals surface area contributed by atoms with Gasteiger partial charge in [0.1, 0.15) is 11.4 Å². The minimum atomic E-state index is -0.0656. The van der Waals surface area contributed by atoms with Gasteiger partial charge in [0.15, 0.2) is 5.82 Å². The van der Waals surface area contributed by atoms with Crippen LogP contribution in [0.15, 0.2) is 47.6 Å². The normalized spacial score (nSPS) is 14.3. The Hall–Kier alpha value is -2.69. The Kier molecular flexibility index (Phi) is 3.39. The van der Waals surface area contributed by atoms with E-state index in [9.17, 15) is 4.79 Å². The smallest absolute Gasteiger partial charge is 0.254 e. The van der Waals surface area contributed by atoms with Crippen molar-refractivity contribution in [2.45, 2.75) is 13.3 Å². The number of ether oxygens (including phenoxy) is 1. The van der Waals surface area contributed by atoms with E-state index < -0.39 is 0 Å². The molecule has 1 amide bonds. The molecular formula is C16H15N3O2. The largest absolute Gasteiger partial charge is 0.494 e. The van der Waals surface area contributed by atoms with E-state index in [1.54, 1.807) is 19.2 Å². The van der Waals surface area contributed by atoms with Crippen molar-refractivity contribution >= 4 is 17.4 Å². The van der Waals surface area contributed by atoms with Gasteiger partial charge in [-0.3, -0.25) is 4.79 Å². The first kappa shape index (κ1) is 13.3. The van der Waals surface area contributed by atoms with E-state index >= 15 is 0 Å². The van der Waals surface area contributed by atoms with Crippen LogP contribution in [0.5, 0.6) is 5.75 Å². The number of methoxy groups -OCH3 is 1. The van der Waals surface area contributed by atoms with Crippen LogP contribution in [0.1, 0.15) is 13.3 Å². The molecule has 0 fully saturated rings. The number of pyridine rings is 1. The quantitative estimate of drug-likeness (QED) is 0.869. The minimum Gasteiger partial charge on any atom is -0.494 e. The minimum absolute atomic E-state index is 0.0656. The highest BCUT2D eigenvalue weighted by Gasteiger charge is 2.24. The van der Waals surface area contributed by atoms with E-state index in [0.29, 0.717) is 23.7 Å². The highest BCUT2D eigenvalue weighted by atomic mass is 16.5. The molecule has 0 atom stereocenters. The fourth-order valence-electron chi connectivity index (χ4n) is 2.26.